The molecule has 17 heavy (non-hydrogen) atoms. The van der Waals surface area contributed by atoms with Crippen molar-refractivity contribution in [3.05, 3.63) is 28.2 Å². The Hall–Kier alpha value is -1.01. The Morgan fingerprint density at radius 2 is 2.06 bits per heavy atom. The van der Waals surface area contributed by atoms with Crippen molar-refractivity contribution in [2.75, 3.05) is 18.0 Å². The fourth-order valence-electron chi connectivity index (χ4n) is 1.74. The van der Waals surface area contributed by atoms with E-state index >= 15 is 0 Å². The lowest BCUT2D eigenvalue weighted by atomic mass is 10.1. The molecule has 1 atom stereocenters. The van der Waals surface area contributed by atoms with Crippen LogP contribution in [-0.4, -0.2) is 13.1 Å². The van der Waals surface area contributed by atoms with Gasteiger partial charge in [0.05, 0.1) is 11.6 Å². The molecule has 0 aliphatic carbocycles. The molecule has 92 valence electrons. The molecular formula is C14H19BrN2. The summed E-state index contributed by atoms with van der Waals surface area (Å²) < 4.78 is 0.967. The smallest absolute Gasteiger partial charge is 0.0992 e. The van der Waals surface area contributed by atoms with Crippen molar-refractivity contribution in [1.29, 1.82) is 5.26 Å². The van der Waals surface area contributed by atoms with Crippen LogP contribution in [0.15, 0.2) is 22.7 Å². The molecule has 3 heteroatoms. The van der Waals surface area contributed by atoms with E-state index in [4.69, 9.17) is 5.26 Å². The van der Waals surface area contributed by atoms with Crippen LogP contribution in [0.4, 0.5) is 5.69 Å². The molecule has 0 spiro atoms. The highest BCUT2D eigenvalue weighted by Crippen LogP contribution is 2.23. The first-order valence-electron chi connectivity index (χ1n) is 6.06. The Bertz CT molecular complexity index is 409. The molecule has 0 N–H and O–H groups in total. The van der Waals surface area contributed by atoms with Gasteiger partial charge in [0, 0.05) is 23.2 Å². The first-order valence-corrected chi connectivity index (χ1v) is 6.85. The van der Waals surface area contributed by atoms with Crippen LogP contribution < -0.4 is 4.90 Å². The zero-order chi connectivity index (χ0) is 12.8. The third-order valence-corrected chi connectivity index (χ3v) is 3.45. The monoisotopic (exact) mass is 294 g/mol. The first kappa shape index (κ1) is 14.1. The third kappa shape index (κ3) is 4.05. The van der Waals surface area contributed by atoms with E-state index < -0.39 is 0 Å². The van der Waals surface area contributed by atoms with E-state index in [0.717, 1.165) is 23.2 Å². The minimum atomic E-state index is 0.666. The van der Waals surface area contributed by atoms with Crippen LogP contribution >= 0.6 is 15.9 Å². The van der Waals surface area contributed by atoms with Gasteiger partial charge in [-0.25, -0.2) is 0 Å². The molecule has 1 aromatic carbocycles. The van der Waals surface area contributed by atoms with Gasteiger partial charge in [-0.2, -0.15) is 5.26 Å². The largest absolute Gasteiger partial charge is 0.371 e. The van der Waals surface area contributed by atoms with Crippen LogP contribution in [0.25, 0.3) is 0 Å². The molecule has 0 saturated heterocycles. The van der Waals surface area contributed by atoms with Crippen LogP contribution in [0, 0.1) is 17.2 Å². The molecular weight excluding hydrogens is 276 g/mol. The van der Waals surface area contributed by atoms with Gasteiger partial charge < -0.3 is 4.90 Å². The lowest BCUT2D eigenvalue weighted by Crippen LogP contribution is -2.28. The first-order chi connectivity index (χ1) is 8.10. The molecule has 0 heterocycles. The molecule has 0 radical (unpaired) electrons. The molecule has 2 nitrogen and oxygen atoms in total. The summed E-state index contributed by atoms with van der Waals surface area (Å²) in [6, 6.07) is 8.08. The number of anilines is 1. The van der Waals surface area contributed by atoms with Crippen LogP contribution in [0.3, 0.4) is 0 Å². The van der Waals surface area contributed by atoms with Gasteiger partial charge in [-0.15, -0.1) is 0 Å². The molecule has 0 aromatic heterocycles. The van der Waals surface area contributed by atoms with Gasteiger partial charge in [0.2, 0.25) is 0 Å². The van der Waals surface area contributed by atoms with Crippen molar-refractivity contribution in [2.45, 2.75) is 27.2 Å². The van der Waals surface area contributed by atoms with E-state index in [1.54, 1.807) is 0 Å². The van der Waals surface area contributed by atoms with Gasteiger partial charge in [0.15, 0.2) is 0 Å². The Morgan fingerprint density at radius 1 is 1.35 bits per heavy atom. The maximum absolute atomic E-state index is 8.98. The van der Waals surface area contributed by atoms with Crippen molar-refractivity contribution < 1.29 is 0 Å². The summed E-state index contributed by atoms with van der Waals surface area (Å²) in [6.45, 7) is 8.61. The third-order valence-electron chi connectivity index (χ3n) is 2.99. The standard InChI is InChI=1S/C14H19BrN2/c1-4-11(3)10-17(5-2)14-7-12(9-16)6-13(15)8-14/h6-8,11H,4-5,10H2,1-3H3. The van der Waals surface area contributed by atoms with E-state index in [1.165, 1.54) is 6.42 Å². The second kappa shape index (κ2) is 6.66. The van der Waals surface area contributed by atoms with E-state index in [-0.39, 0.29) is 0 Å². The maximum atomic E-state index is 8.98. The van der Waals surface area contributed by atoms with E-state index in [0.29, 0.717) is 11.5 Å². The predicted molar refractivity (Wildman–Crippen MR) is 76.2 cm³/mol. The van der Waals surface area contributed by atoms with Crippen molar-refractivity contribution in [3.63, 3.8) is 0 Å². The second-order valence-corrected chi connectivity index (χ2v) is 5.28. The number of benzene rings is 1. The Morgan fingerprint density at radius 3 is 2.59 bits per heavy atom. The van der Waals surface area contributed by atoms with Crippen LogP contribution in [0.1, 0.15) is 32.8 Å². The molecule has 0 fully saturated rings. The molecule has 1 aromatic rings. The highest BCUT2D eigenvalue weighted by Gasteiger charge is 2.10. The zero-order valence-corrected chi connectivity index (χ0v) is 12.3. The quantitative estimate of drug-likeness (QED) is 0.814. The van der Waals surface area contributed by atoms with Gasteiger partial charge in [0.25, 0.3) is 0 Å². The summed E-state index contributed by atoms with van der Waals surface area (Å²) in [6.07, 6.45) is 1.18. The minimum Gasteiger partial charge on any atom is -0.371 e. The zero-order valence-electron chi connectivity index (χ0n) is 10.7. The van der Waals surface area contributed by atoms with Crippen molar-refractivity contribution >= 4 is 21.6 Å². The summed E-state index contributed by atoms with van der Waals surface area (Å²) >= 11 is 3.46. The summed E-state index contributed by atoms with van der Waals surface area (Å²) in [7, 11) is 0. The average Bonchev–Trinajstić information content (AvgIpc) is 2.34. The van der Waals surface area contributed by atoms with Crippen molar-refractivity contribution in [2.24, 2.45) is 5.92 Å². The summed E-state index contributed by atoms with van der Waals surface area (Å²) in [5.41, 5.74) is 1.83. The van der Waals surface area contributed by atoms with Crippen LogP contribution in [0.2, 0.25) is 0 Å². The lowest BCUT2D eigenvalue weighted by molar-refractivity contribution is 0.548. The highest BCUT2D eigenvalue weighted by atomic mass is 79.9. The SMILES string of the molecule is CCC(C)CN(CC)c1cc(Br)cc(C#N)c1. The molecule has 0 aliphatic heterocycles. The second-order valence-electron chi connectivity index (χ2n) is 4.36. The lowest BCUT2D eigenvalue weighted by Gasteiger charge is -2.26. The van der Waals surface area contributed by atoms with Gasteiger partial charge in [-0.3, -0.25) is 0 Å². The van der Waals surface area contributed by atoms with Crippen molar-refractivity contribution in [3.8, 4) is 6.07 Å². The number of hydrogen-bond acceptors (Lipinski definition) is 2. The fourth-order valence-corrected chi connectivity index (χ4v) is 2.22. The van der Waals surface area contributed by atoms with E-state index in [9.17, 15) is 0 Å². The molecule has 0 bridgehead atoms. The van der Waals surface area contributed by atoms with Gasteiger partial charge >= 0.3 is 0 Å². The highest BCUT2D eigenvalue weighted by molar-refractivity contribution is 9.10. The van der Waals surface area contributed by atoms with E-state index in [2.05, 4.69) is 53.7 Å². The fraction of sp³-hybridized carbons (Fsp3) is 0.500. The molecule has 1 unspecified atom stereocenters. The van der Waals surface area contributed by atoms with Gasteiger partial charge in [-0.1, -0.05) is 36.2 Å². The predicted octanol–water partition coefficient (Wildman–Crippen LogP) is 4.19. The number of nitriles is 1. The Kier molecular flexibility index (Phi) is 5.50. The number of nitrogens with zero attached hydrogens (tertiary/aromatic N) is 2. The summed E-state index contributed by atoms with van der Waals surface area (Å²) in [5, 5.41) is 8.98. The Balaban J connectivity index is 2.95. The summed E-state index contributed by atoms with van der Waals surface area (Å²) in [4.78, 5) is 2.32. The molecule has 0 saturated carbocycles. The van der Waals surface area contributed by atoms with E-state index in [1.807, 2.05) is 12.1 Å². The number of hydrogen-bond donors (Lipinski definition) is 0. The van der Waals surface area contributed by atoms with Gasteiger partial charge in [0.1, 0.15) is 0 Å². The molecule has 0 amide bonds. The average molecular weight is 295 g/mol. The van der Waals surface area contributed by atoms with Gasteiger partial charge in [-0.05, 0) is 31.0 Å². The number of rotatable bonds is 5. The minimum absolute atomic E-state index is 0.666. The Labute approximate surface area is 112 Å². The normalized spacial score (nSPS) is 11.9. The van der Waals surface area contributed by atoms with Crippen LogP contribution in [-0.2, 0) is 0 Å². The number of halogens is 1. The summed E-state index contributed by atoms with van der Waals surface area (Å²) in [5.74, 6) is 0.666. The van der Waals surface area contributed by atoms with Crippen molar-refractivity contribution in [1.82, 2.24) is 0 Å². The van der Waals surface area contributed by atoms with Crippen LogP contribution in [0.5, 0.6) is 0 Å². The topological polar surface area (TPSA) is 27.0 Å². The molecule has 1 rings (SSSR count). The molecule has 0 aliphatic rings. The maximum Gasteiger partial charge on any atom is 0.0992 e.